The van der Waals surface area contributed by atoms with E-state index in [4.69, 9.17) is 0 Å². The molecule has 0 saturated carbocycles. The predicted octanol–water partition coefficient (Wildman–Crippen LogP) is 3.77. The third-order valence-electron chi connectivity index (χ3n) is 3.76. The molecule has 4 heteroatoms. The van der Waals surface area contributed by atoms with Gasteiger partial charge in [0.15, 0.2) is 0 Å². The highest BCUT2D eigenvalue weighted by Crippen LogP contribution is 2.43. The summed E-state index contributed by atoms with van der Waals surface area (Å²) in [6, 6.07) is 5.15. The summed E-state index contributed by atoms with van der Waals surface area (Å²) in [6.07, 6.45) is 1.98. The zero-order valence-electron chi connectivity index (χ0n) is 10.1. The molecule has 1 aliphatic heterocycles. The van der Waals surface area contributed by atoms with E-state index < -0.39 is 6.61 Å². The molecule has 17 heavy (non-hydrogen) atoms. The number of benzene rings is 1. The quantitative estimate of drug-likeness (QED) is 0.866. The van der Waals surface area contributed by atoms with Crippen LogP contribution in [-0.4, -0.2) is 13.2 Å². The topological polar surface area (TPSA) is 21.3 Å². The Kier molecular flexibility index (Phi) is 3.22. The maximum Gasteiger partial charge on any atom is 0.387 e. The first-order valence-corrected chi connectivity index (χ1v) is 5.94. The van der Waals surface area contributed by atoms with Crippen LogP contribution in [0.5, 0.6) is 5.75 Å². The molecular weight excluding hydrogens is 224 g/mol. The van der Waals surface area contributed by atoms with Crippen LogP contribution in [0.15, 0.2) is 18.2 Å². The molecule has 0 aliphatic carbocycles. The van der Waals surface area contributed by atoms with Crippen molar-refractivity contribution in [1.29, 1.82) is 0 Å². The highest BCUT2D eigenvalue weighted by Gasteiger charge is 2.35. The normalized spacial score (nSPS) is 16.8. The zero-order valence-corrected chi connectivity index (χ0v) is 10.1. The van der Waals surface area contributed by atoms with E-state index in [9.17, 15) is 8.78 Å². The summed E-state index contributed by atoms with van der Waals surface area (Å²) < 4.78 is 28.8. The number of nitrogens with one attached hydrogen (secondary N) is 1. The Labute approximate surface area is 100.0 Å². The molecule has 1 aromatic rings. The summed E-state index contributed by atoms with van der Waals surface area (Å²) in [6.45, 7) is 2.36. The van der Waals surface area contributed by atoms with Crippen molar-refractivity contribution >= 4 is 5.69 Å². The van der Waals surface area contributed by atoms with Crippen molar-refractivity contribution in [1.82, 2.24) is 0 Å². The minimum absolute atomic E-state index is 0.0524. The van der Waals surface area contributed by atoms with E-state index in [1.165, 1.54) is 0 Å². The first-order chi connectivity index (χ1) is 8.11. The van der Waals surface area contributed by atoms with Gasteiger partial charge in [-0.05, 0) is 36.6 Å². The lowest BCUT2D eigenvalue weighted by Crippen LogP contribution is -2.26. The largest absolute Gasteiger partial charge is 0.435 e. The Balaban J connectivity index is 2.36. The molecule has 94 valence electrons. The molecule has 0 radical (unpaired) electrons. The fourth-order valence-corrected chi connectivity index (χ4v) is 2.53. The predicted molar refractivity (Wildman–Crippen MR) is 63.8 cm³/mol. The smallest absolute Gasteiger partial charge is 0.387 e. The summed E-state index contributed by atoms with van der Waals surface area (Å²) in [5.41, 5.74) is 2.19. The Morgan fingerprint density at radius 3 is 2.65 bits per heavy atom. The summed E-state index contributed by atoms with van der Waals surface area (Å²) in [5.74, 6) is 0.244. The third-order valence-corrected chi connectivity index (χ3v) is 3.76. The summed E-state index contributed by atoms with van der Waals surface area (Å²) in [4.78, 5) is 0. The minimum atomic E-state index is -2.76. The van der Waals surface area contributed by atoms with Gasteiger partial charge in [0.1, 0.15) is 5.75 Å². The second-order valence-electron chi connectivity index (χ2n) is 4.43. The summed E-state index contributed by atoms with van der Waals surface area (Å²) in [7, 11) is 0. The lowest BCUT2D eigenvalue weighted by molar-refractivity contribution is -0.0499. The average molecular weight is 241 g/mol. The fourth-order valence-electron chi connectivity index (χ4n) is 2.53. The van der Waals surface area contributed by atoms with Gasteiger partial charge >= 0.3 is 6.61 Å². The first-order valence-electron chi connectivity index (χ1n) is 5.94. The maximum absolute atomic E-state index is 12.2. The molecule has 2 rings (SSSR count). The van der Waals surface area contributed by atoms with Crippen molar-refractivity contribution in [2.75, 3.05) is 11.9 Å². The van der Waals surface area contributed by atoms with Gasteiger partial charge in [-0.15, -0.1) is 0 Å². The highest BCUT2D eigenvalue weighted by atomic mass is 19.3. The van der Waals surface area contributed by atoms with Crippen molar-refractivity contribution in [2.24, 2.45) is 0 Å². The van der Waals surface area contributed by atoms with E-state index in [0.29, 0.717) is 0 Å². The van der Waals surface area contributed by atoms with Crippen LogP contribution >= 0.6 is 0 Å². The number of alkyl halides is 2. The van der Waals surface area contributed by atoms with Gasteiger partial charge < -0.3 is 10.1 Å². The average Bonchev–Trinajstić information content (AvgIpc) is 2.67. The highest BCUT2D eigenvalue weighted by molar-refractivity contribution is 5.62. The van der Waals surface area contributed by atoms with Crippen LogP contribution in [-0.2, 0) is 5.41 Å². The molecule has 0 saturated heterocycles. The van der Waals surface area contributed by atoms with Crippen molar-refractivity contribution < 1.29 is 13.5 Å². The van der Waals surface area contributed by atoms with Gasteiger partial charge in [-0.3, -0.25) is 0 Å². The minimum Gasteiger partial charge on any atom is -0.435 e. The molecule has 0 spiro atoms. The fraction of sp³-hybridized carbons (Fsp3) is 0.538. The van der Waals surface area contributed by atoms with E-state index >= 15 is 0 Å². The van der Waals surface area contributed by atoms with Crippen molar-refractivity contribution in [2.45, 2.75) is 38.7 Å². The van der Waals surface area contributed by atoms with E-state index in [1.54, 1.807) is 12.1 Å². The molecule has 0 fully saturated rings. The third kappa shape index (κ3) is 2.08. The second kappa shape index (κ2) is 4.51. The van der Waals surface area contributed by atoms with Crippen molar-refractivity contribution in [3.8, 4) is 5.75 Å². The van der Waals surface area contributed by atoms with Gasteiger partial charge in [0.2, 0.25) is 0 Å². The number of ether oxygens (including phenoxy) is 1. The van der Waals surface area contributed by atoms with Gasteiger partial charge in [0.05, 0.1) is 0 Å². The number of rotatable bonds is 4. The molecule has 0 aromatic heterocycles. The van der Waals surface area contributed by atoms with E-state index in [2.05, 4.69) is 23.9 Å². The van der Waals surface area contributed by atoms with E-state index in [-0.39, 0.29) is 11.2 Å². The standard InChI is InChI=1S/C13H17F2NO/c1-3-13(4-2)8-16-11-6-5-9(7-10(11)13)17-12(14)15/h5-7,12,16H,3-4,8H2,1-2H3. The number of anilines is 1. The monoisotopic (exact) mass is 241 g/mol. The van der Waals surface area contributed by atoms with Gasteiger partial charge in [-0.2, -0.15) is 8.78 Å². The number of halogens is 2. The van der Waals surface area contributed by atoms with Gasteiger partial charge in [0.25, 0.3) is 0 Å². The SMILES string of the molecule is CCC1(CC)CNc2ccc(OC(F)F)cc21. The van der Waals surface area contributed by atoms with Crippen LogP contribution in [0.1, 0.15) is 32.3 Å². The number of fused-ring (bicyclic) bond motifs is 1. The molecule has 0 bridgehead atoms. The van der Waals surface area contributed by atoms with Crippen LogP contribution in [0, 0.1) is 0 Å². The number of hydrogen-bond acceptors (Lipinski definition) is 2. The number of hydrogen-bond donors (Lipinski definition) is 1. The molecule has 1 heterocycles. The van der Waals surface area contributed by atoms with E-state index in [0.717, 1.165) is 30.6 Å². The second-order valence-corrected chi connectivity index (χ2v) is 4.43. The zero-order chi connectivity index (χ0) is 12.5. The van der Waals surface area contributed by atoms with Gasteiger partial charge in [-0.25, -0.2) is 0 Å². The lowest BCUT2D eigenvalue weighted by atomic mass is 9.77. The molecule has 1 aromatic carbocycles. The van der Waals surface area contributed by atoms with Crippen molar-refractivity contribution in [3.63, 3.8) is 0 Å². The van der Waals surface area contributed by atoms with Crippen molar-refractivity contribution in [3.05, 3.63) is 23.8 Å². The molecule has 2 nitrogen and oxygen atoms in total. The van der Waals surface area contributed by atoms with Crippen LogP contribution < -0.4 is 10.1 Å². The molecule has 1 aliphatic rings. The Bertz CT molecular complexity index is 402. The first kappa shape index (κ1) is 12.1. The van der Waals surface area contributed by atoms with Crippen LogP contribution in [0.3, 0.4) is 0 Å². The molecule has 0 atom stereocenters. The van der Waals surface area contributed by atoms with Gasteiger partial charge in [-0.1, -0.05) is 13.8 Å². The summed E-state index contributed by atoms with van der Waals surface area (Å²) >= 11 is 0. The van der Waals surface area contributed by atoms with Crippen LogP contribution in [0.4, 0.5) is 14.5 Å². The lowest BCUT2D eigenvalue weighted by Gasteiger charge is -2.26. The van der Waals surface area contributed by atoms with Crippen LogP contribution in [0.25, 0.3) is 0 Å². The Morgan fingerprint density at radius 2 is 2.06 bits per heavy atom. The maximum atomic E-state index is 12.2. The molecule has 1 N–H and O–H groups in total. The van der Waals surface area contributed by atoms with E-state index in [1.807, 2.05) is 6.07 Å². The van der Waals surface area contributed by atoms with Gasteiger partial charge in [0, 0.05) is 17.6 Å². The molecule has 0 unspecified atom stereocenters. The Morgan fingerprint density at radius 1 is 1.35 bits per heavy atom. The Hall–Kier alpha value is -1.32. The van der Waals surface area contributed by atoms with Crippen LogP contribution in [0.2, 0.25) is 0 Å². The summed E-state index contributed by atoms with van der Waals surface area (Å²) in [5, 5.41) is 3.33. The molecule has 0 amide bonds. The molecular formula is C13H17F2NO.